The van der Waals surface area contributed by atoms with Gasteiger partial charge in [0.2, 0.25) is 0 Å². The first kappa shape index (κ1) is 15.6. The fourth-order valence-electron chi connectivity index (χ4n) is 2.51. The number of nitrogens with zero attached hydrogens (tertiary/aromatic N) is 1. The molecule has 3 aromatic rings. The van der Waals surface area contributed by atoms with Crippen molar-refractivity contribution in [3.05, 3.63) is 76.1 Å². The second-order valence-electron chi connectivity index (χ2n) is 5.42. The predicted octanol–water partition coefficient (Wildman–Crippen LogP) is 3.38. The van der Waals surface area contributed by atoms with Crippen molar-refractivity contribution >= 4 is 22.6 Å². The van der Waals surface area contributed by atoms with E-state index in [9.17, 15) is 9.59 Å². The summed E-state index contributed by atoms with van der Waals surface area (Å²) in [6.45, 7) is 1.92. The van der Waals surface area contributed by atoms with Crippen LogP contribution in [0.25, 0.3) is 11.0 Å². The van der Waals surface area contributed by atoms with E-state index in [4.69, 9.17) is 10.8 Å². The van der Waals surface area contributed by atoms with Gasteiger partial charge in [-0.2, -0.15) is 0 Å². The molecule has 0 bridgehead atoms. The van der Waals surface area contributed by atoms with Crippen molar-refractivity contribution in [2.24, 2.45) is 0 Å². The SMILES string of the molecule is C#CCN(C(=O)c1ccccc1)c1cc2cc(C)ccc2oc1=O. The number of amides is 1. The van der Waals surface area contributed by atoms with Crippen LogP contribution < -0.4 is 10.5 Å². The van der Waals surface area contributed by atoms with Gasteiger partial charge in [0.1, 0.15) is 11.3 Å². The lowest BCUT2D eigenvalue weighted by Crippen LogP contribution is -2.34. The third-order valence-corrected chi connectivity index (χ3v) is 3.68. The zero-order chi connectivity index (χ0) is 17.1. The number of terminal acetylenes is 1. The lowest BCUT2D eigenvalue weighted by molar-refractivity contribution is 0.0989. The van der Waals surface area contributed by atoms with Gasteiger partial charge in [0.25, 0.3) is 5.91 Å². The van der Waals surface area contributed by atoms with Crippen LogP contribution in [0, 0.1) is 19.3 Å². The van der Waals surface area contributed by atoms with E-state index in [0.29, 0.717) is 11.1 Å². The van der Waals surface area contributed by atoms with Crippen LogP contribution in [0.1, 0.15) is 15.9 Å². The van der Waals surface area contributed by atoms with Crippen molar-refractivity contribution in [2.45, 2.75) is 6.92 Å². The molecular weight excluding hydrogens is 302 g/mol. The van der Waals surface area contributed by atoms with Gasteiger partial charge < -0.3 is 4.42 Å². The Balaban J connectivity index is 2.13. The monoisotopic (exact) mass is 317 g/mol. The second-order valence-corrected chi connectivity index (χ2v) is 5.42. The molecular formula is C20H15NO3. The number of carbonyl (C=O) groups excluding carboxylic acids is 1. The van der Waals surface area contributed by atoms with Crippen LogP contribution in [0.3, 0.4) is 0 Å². The molecule has 24 heavy (non-hydrogen) atoms. The van der Waals surface area contributed by atoms with Crippen molar-refractivity contribution in [3.8, 4) is 12.3 Å². The zero-order valence-electron chi connectivity index (χ0n) is 13.2. The first-order valence-corrected chi connectivity index (χ1v) is 7.45. The van der Waals surface area contributed by atoms with Gasteiger partial charge in [-0.25, -0.2) is 4.79 Å². The number of rotatable bonds is 3. The Hall–Kier alpha value is -3.32. The number of benzene rings is 2. The molecule has 0 saturated heterocycles. The Morgan fingerprint density at radius 3 is 2.62 bits per heavy atom. The molecule has 4 heteroatoms. The maximum Gasteiger partial charge on any atom is 0.360 e. The largest absolute Gasteiger partial charge is 0.421 e. The molecule has 1 amide bonds. The quantitative estimate of drug-likeness (QED) is 0.549. The molecule has 0 spiro atoms. The summed E-state index contributed by atoms with van der Waals surface area (Å²) in [5.41, 5.74) is 1.50. The van der Waals surface area contributed by atoms with E-state index < -0.39 is 5.63 Å². The van der Waals surface area contributed by atoms with Crippen LogP contribution >= 0.6 is 0 Å². The van der Waals surface area contributed by atoms with Crippen LogP contribution in [0.5, 0.6) is 0 Å². The van der Waals surface area contributed by atoms with Gasteiger partial charge in [-0.3, -0.25) is 9.69 Å². The van der Waals surface area contributed by atoms with Gasteiger partial charge in [-0.1, -0.05) is 35.7 Å². The van der Waals surface area contributed by atoms with Gasteiger partial charge in [-0.15, -0.1) is 6.42 Å². The predicted molar refractivity (Wildman–Crippen MR) is 94.2 cm³/mol. The Labute approximate surface area is 139 Å². The Morgan fingerprint density at radius 2 is 1.92 bits per heavy atom. The molecule has 1 heterocycles. The molecule has 2 aromatic carbocycles. The number of aryl methyl sites for hydroxylation is 1. The Morgan fingerprint density at radius 1 is 1.17 bits per heavy atom. The van der Waals surface area contributed by atoms with E-state index in [1.165, 1.54) is 4.90 Å². The highest BCUT2D eigenvalue weighted by molar-refractivity contribution is 6.06. The first-order valence-electron chi connectivity index (χ1n) is 7.45. The van der Waals surface area contributed by atoms with Crippen LogP contribution in [-0.4, -0.2) is 12.5 Å². The molecule has 0 radical (unpaired) electrons. The number of carbonyl (C=O) groups is 1. The number of fused-ring (bicyclic) bond motifs is 1. The van der Waals surface area contributed by atoms with Crippen molar-refractivity contribution in [1.82, 2.24) is 0 Å². The minimum atomic E-state index is -0.592. The van der Waals surface area contributed by atoms with E-state index >= 15 is 0 Å². The van der Waals surface area contributed by atoms with Crippen LogP contribution in [-0.2, 0) is 0 Å². The van der Waals surface area contributed by atoms with E-state index in [2.05, 4.69) is 5.92 Å². The molecule has 0 atom stereocenters. The van der Waals surface area contributed by atoms with Crippen LogP contribution in [0.15, 0.2) is 63.8 Å². The average molecular weight is 317 g/mol. The van der Waals surface area contributed by atoms with E-state index in [-0.39, 0.29) is 18.1 Å². The van der Waals surface area contributed by atoms with Crippen molar-refractivity contribution < 1.29 is 9.21 Å². The number of hydrogen-bond acceptors (Lipinski definition) is 3. The third kappa shape index (κ3) is 2.92. The minimum absolute atomic E-state index is 0.0180. The summed E-state index contributed by atoms with van der Waals surface area (Å²) in [7, 11) is 0. The summed E-state index contributed by atoms with van der Waals surface area (Å²) in [5, 5.41) is 0.743. The van der Waals surface area contributed by atoms with Crippen molar-refractivity contribution in [1.29, 1.82) is 0 Å². The highest BCUT2D eigenvalue weighted by Crippen LogP contribution is 2.21. The average Bonchev–Trinajstić information content (AvgIpc) is 2.60. The molecule has 0 fully saturated rings. The van der Waals surface area contributed by atoms with E-state index in [1.54, 1.807) is 36.4 Å². The standard InChI is InChI=1S/C20H15NO3/c1-3-11-21(19(22)15-7-5-4-6-8-15)17-13-16-12-14(2)9-10-18(16)24-20(17)23/h1,4-10,12-13H,11H2,2H3. The highest BCUT2D eigenvalue weighted by atomic mass is 16.4. The molecule has 1 aromatic heterocycles. The normalized spacial score (nSPS) is 10.3. The van der Waals surface area contributed by atoms with E-state index in [1.807, 2.05) is 25.1 Å². The highest BCUT2D eigenvalue weighted by Gasteiger charge is 2.21. The zero-order valence-corrected chi connectivity index (χ0v) is 13.2. The molecule has 118 valence electrons. The molecule has 0 saturated carbocycles. The fourth-order valence-corrected chi connectivity index (χ4v) is 2.51. The Kier molecular flexibility index (Phi) is 4.17. The summed E-state index contributed by atoms with van der Waals surface area (Å²) in [4.78, 5) is 26.3. The minimum Gasteiger partial charge on any atom is -0.421 e. The number of hydrogen-bond donors (Lipinski definition) is 0. The maximum atomic E-state index is 12.7. The maximum absolute atomic E-state index is 12.7. The lowest BCUT2D eigenvalue weighted by atomic mass is 10.1. The number of anilines is 1. The smallest absolute Gasteiger partial charge is 0.360 e. The van der Waals surface area contributed by atoms with E-state index in [0.717, 1.165) is 10.9 Å². The summed E-state index contributed by atoms with van der Waals surface area (Å²) < 4.78 is 5.34. The van der Waals surface area contributed by atoms with Crippen molar-refractivity contribution in [2.75, 3.05) is 11.4 Å². The molecule has 0 aliphatic rings. The molecule has 3 rings (SSSR count). The topological polar surface area (TPSA) is 50.5 Å². The second kappa shape index (κ2) is 6.43. The fraction of sp³-hybridized carbons (Fsp3) is 0.100. The Bertz CT molecular complexity index is 997. The van der Waals surface area contributed by atoms with Gasteiger partial charge >= 0.3 is 5.63 Å². The van der Waals surface area contributed by atoms with Gasteiger partial charge in [-0.05, 0) is 37.3 Å². The lowest BCUT2D eigenvalue weighted by Gasteiger charge is -2.19. The summed E-state index contributed by atoms with van der Waals surface area (Å²) in [6, 6.07) is 15.8. The molecule has 0 aliphatic carbocycles. The van der Waals surface area contributed by atoms with Crippen LogP contribution in [0.2, 0.25) is 0 Å². The molecule has 0 unspecified atom stereocenters. The summed E-state index contributed by atoms with van der Waals surface area (Å²) >= 11 is 0. The molecule has 0 aliphatic heterocycles. The van der Waals surface area contributed by atoms with Crippen LogP contribution in [0.4, 0.5) is 5.69 Å². The summed E-state index contributed by atoms with van der Waals surface area (Å²) in [6.07, 6.45) is 5.39. The van der Waals surface area contributed by atoms with Gasteiger partial charge in [0, 0.05) is 10.9 Å². The molecule has 0 N–H and O–H groups in total. The first-order chi connectivity index (χ1) is 11.6. The van der Waals surface area contributed by atoms with Gasteiger partial charge in [0.15, 0.2) is 0 Å². The third-order valence-electron chi connectivity index (χ3n) is 3.68. The van der Waals surface area contributed by atoms with Crippen molar-refractivity contribution in [3.63, 3.8) is 0 Å². The summed E-state index contributed by atoms with van der Waals surface area (Å²) in [5.74, 6) is 2.09. The molecule has 4 nitrogen and oxygen atoms in total. The van der Waals surface area contributed by atoms with Gasteiger partial charge in [0.05, 0.1) is 6.54 Å².